The summed E-state index contributed by atoms with van der Waals surface area (Å²) in [6, 6.07) is 0. The molecule has 2 aliphatic carbocycles. The maximum Gasteiger partial charge on any atom is 0.307 e. The number of hydrogen-bond donors (Lipinski definition) is 1. The second kappa shape index (κ2) is 5.88. The number of carbonyl (C=O) groups is 1. The summed E-state index contributed by atoms with van der Waals surface area (Å²) >= 11 is 0. The minimum absolute atomic E-state index is 0.493. The first-order valence-electron chi connectivity index (χ1n) is 8.22. The summed E-state index contributed by atoms with van der Waals surface area (Å²) in [5.41, 5.74) is 0. The molecule has 1 aliphatic heterocycles. The summed E-state index contributed by atoms with van der Waals surface area (Å²) in [6.07, 6.45) is 7.51. The first-order chi connectivity index (χ1) is 10.00. The molecule has 1 heterocycles. The molecule has 1 saturated heterocycles. The van der Waals surface area contributed by atoms with Crippen molar-refractivity contribution in [3.63, 3.8) is 0 Å². The van der Waals surface area contributed by atoms with Crippen LogP contribution in [0.2, 0.25) is 0 Å². The van der Waals surface area contributed by atoms with Crippen molar-refractivity contribution in [2.45, 2.75) is 56.6 Å². The second-order valence-electron chi connectivity index (χ2n) is 6.91. The Labute approximate surface area is 126 Å². The lowest BCUT2D eigenvalue weighted by Gasteiger charge is -2.41. The number of carboxylic acid groups (broad SMARTS) is 1. The van der Waals surface area contributed by atoms with Crippen molar-refractivity contribution in [3.8, 4) is 0 Å². The van der Waals surface area contributed by atoms with Crippen LogP contribution < -0.4 is 0 Å². The number of nitrogens with zero attached hydrogens (tertiary/aromatic N) is 1. The van der Waals surface area contributed by atoms with E-state index < -0.39 is 27.2 Å². The average molecular weight is 315 g/mol. The molecular formula is C15H25NO4S. The van der Waals surface area contributed by atoms with Crippen molar-refractivity contribution >= 4 is 16.0 Å². The van der Waals surface area contributed by atoms with Gasteiger partial charge in [0, 0.05) is 13.1 Å². The van der Waals surface area contributed by atoms with Gasteiger partial charge in [0.25, 0.3) is 0 Å². The molecule has 0 spiro atoms. The van der Waals surface area contributed by atoms with Crippen LogP contribution in [0.25, 0.3) is 0 Å². The molecule has 3 aliphatic rings. The van der Waals surface area contributed by atoms with Crippen molar-refractivity contribution in [2.24, 2.45) is 17.8 Å². The van der Waals surface area contributed by atoms with E-state index in [1.54, 1.807) is 4.31 Å². The molecule has 4 atom stereocenters. The van der Waals surface area contributed by atoms with Crippen molar-refractivity contribution in [3.05, 3.63) is 0 Å². The molecule has 21 heavy (non-hydrogen) atoms. The molecule has 0 radical (unpaired) electrons. The molecule has 3 fully saturated rings. The van der Waals surface area contributed by atoms with E-state index >= 15 is 0 Å². The molecule has 2 saturated carbocycles. The number of fused-ring (bicyclic) bond motifs is 1. The van der Waals surface area contributed by atoms with Crippen LogP contribution in [-0.2, 0) is 14.8 Å². The lowest BCUT2D eigenvalue weighted by molar-refractivity contribution is -0.141. The Balaban J connectivity index is 1.74. The zero-order valence-corrected chi connectivity index (χ0v) is 13.2. The van der Waals surface area contributed by atoms with Gasteiger partial charge in [-0.3, -0.25) is 4.79 Å². The fourth-order valence-electron chi connectivity index (χ4n) is 4.56. The van der Waals surface area contributed by atoms with Gasteiger partial charge in [-0.2, -0.15) is 0 Å². The SMILES string of the molecule is O=C(O)C1CCCC1S(=O)(=O)N1CCC2CCCCC2C1. The van der Waals surface area contributed by atoms with E-state index in [1.807, 2.05) is 0 Å². The molecule has 5 nitrogen and oxygen atoms in total. The Bertz CT molecular complexity index is 504. The van der Waals surface area contributed by atoms with E-state index in [4.69, 9.17) is 0 Å². The van der Waals surface area contributed by atoms with Crippen LogP contribution in [-0.4, -0.2) is 42.1 Å². The Morgan fingerprint density at radius 2 is 1.67 bits per heavy atom. The number of carboxylic acids is 1. The van der Waals surface area contributed by atoms with E-state index in [0.717, 1.165) is 12.8 Å². The van der Waals surface area contributed by atoms with Crippen LogP contribution in [0.1, 0.15) is 51.4 Å². The summed E-state index contributed by atoms with van der Waals surface area (Å²) in [4.78, 5) is 11.3. The van der Waals surface area contributed by atoms with Crippen LogP contribution in [0, 0.1) is 17.8 Å². The highest BCUT2D eigenvalue weighted by atomic mass is 32.2. The average Bonchev–Trinajstić information content (AvgIpc) is 2.97. The van der Waals surface area contributed by atoms with Gasteiger partial charge in [0.1, 0.15) is 0 Å². The predicted molar refractivity (Wildman–Crippen MR) is 79.3 cm³/mol. The van der Waals surface area contributed by atoms with E-state index in [-0.39, 0.29) is 0 Å². The minimum Gasteiger partial charge on any atom is -0.481 e. The standard InChI is InChI=1S/C15H25NO4S/c17-15(18)13-6-3-7-14(13)21(19,20)16-9-8-11-4-1-2-5-12(11)10-16/h11-14H,1-10H2,(H,17,18). The maximum atomic E-state index is 12.8. The third-order valence-corrected chi connectivity index (χ3v) is 8.15. The van der Waals surface area contributed by atoms with Gasteiger partial charge in [-0.15, -0.1) is 0 Å². The van der Waals surface area contributed by atoms with Gasteiger partial charge in [-0.05, 0) is 37.5 Å². The number of rotatable bonds is 3. The minimum atomic E-state index is -3.45. The molecule has 6 heteroatoms. The quantitative estimate of drug-likeness (QED) is 0.865. The van der Waals surface area contributed by atoms with Crippen molar-refractivity contribution in [1.29, 1.82) is 0 Å². The van der Waals surface area contributed by atoms with Gasteiger partial charge >= 0.3 is 5.97 Å². The molecule has 3 rings (SSSR count). The highest BCUT2D eigenvalue weighted by Crippen LogP contribution is 2.39. The normalized spacial score (nSPS) is 38.1. The van der Waals surface area contributed by atoms with Crippen molar-refractivity contribution in [1.82, 2.24) is 4.31 Å². The largest absolute Gasteiger partial charge is 0.481 e. The molecule has 0 aromatic carbocycles. The first kappa shape index (κ1) is 15.3. The molecule has 0 amide bonds. The summed E-state index contributed by atoms with van der Waals surface area (Å²) in [5.74, 6) is -0.483. The highest BCUT2D eigenvalue weighted by Gasteiger charge is 2.46. The monoisotopic (exact) mass is 315 g/mol. The maximum absolute atomic E-state index is 12.8. The van der Waals surface area contributed by atoms with Crippen LogP contribution >= 0.6 is 0 Å². The Kier molecular flexibility index (Phi) is 4.28. The summed E-state index contributed by atoms with van der Waals surface area (Å²) < 4.78 is 27.3. The van der Waals surface area contributed by atoms with Crippen molar-refractivity contribution in [2.75, 3.05) is 13.1 Å². The number of aliphatic carboxylic acids is 1. The molecular weight excluding hydrogens is 290 g/mol. The molecule has 1 N–H and O–H groups in total. The molecule has 4 unspecified atom stereocenters. The second-order valence-corrected chi connectivity index (χ2v) is 9.06. The molecule has 0 aromatic heterocycles. The van der Waals surface area contributed by atoms with Crippen LogP contribution in [0.5, 0.6) is 0 Å². The zero-order valence-electron chi connectivity index (χ0n) is 12.4. The lowest BCUT2D eigenvalue weighted by atomic mass is 9.76. The Morgan fingerprint density at radius 1 is 0.952 bits per heavy atom. The van der Waals surface area contributed by atoms with E-state index in [2.05, 4.69) is 0 Å². The van der Waals surface area contributed by atoms with Crippen molar-refractivity contribution < 1.29 is 18.3 Å². The van der Waals surface area contributed by atoms with Gasteiger partial charge in [-0.1, -0.05) is 25.7 Å². The zero-order chi connectivity index (χ0) is 15.0. The third kappa shape index (κ3) is 2.84. The molecule has 0 aromatic rings. The number of hydrogen-bond acceptors (Lipinski definition) is 3. The fraction of sp³-hybridized carbons (Fsp3) is 0.933. The third-order valence-electron chi connectivity index (χ3n) is 5.77. The summed E-state index contributed by atoms with van der Waals surface area (Å²) in [7, 11) is -3.45. The van der Waals surface area contributed by atoms with E-state index in [9.17, 15) is 18.3 Å². The molecule has 0 bridgehead atoms. The summed E-state index contributed by atoms with van der Waals surface area (Å²) in [6.45, 7) is 1.21. The first-order valence-corrected chi connectivity index (χ1v) is 9.72. The fourth-order valence-corrected chi connectivity index (χ4v) is 6.83. The van der Waals surface area contributed by atoms with Crippen LogP contribution in [0.3, 0.4) is 0 Å². The van der Waals surface area contributed by atoms with E-state index in [0.29, 0.717) is 44.2 Å². The lowest BCUT2D eigenvalue weighted by Crippen LogP contribution is -2.49. The van der Waals surface area contributed by atoms with E-state index in [1.165, 1.54) is 19.3 Å². The Morgan fingerprint density at radius 3 is 2.38 bits per heavy atom. The number of piperidine rings is 1. The molecule has 120 valence electrons. The van der Waals surface area contributed by atoms with Gasteiger partial charge in [0.2, 0.25) is 10.0 Å². The Hall–Kier alpha value is -0.620. The van der Waals surface area contributed by atoms with Crippen LogP contribution in [0.4, 0.5) is 0 Å². The van der Waals surface area contributed by atoms with Gasteiger partial charge in [-0.25, -0.2) is 12.7 Å². The number of sulfonamides is 1. The van der Waals surface area contributed by atoms with Crippen LogP contribution in [0.15, 0.2) is 0 Å². The topological polar surface area (TPSA) is 74.7 Å². The van der Waals surface area contributed by atoms with Gasteiger partial charge < -0.3 is 5.11 Å². The van der Waals surface area contributed by atoms with Gasteiger partial charge in [0.05, 0.1) is 11.2 Å². The highest BCUT2D eigenvalue weighted by molar-refractivity contribution is 7.89. The smallest absolute Gasteiger partial charge is 0.307 e. The predicted octanol–water partition coefficient (Wildman–Crippen LogP) is 2.08. The summed E-state index contributed by atoms with van der Waals surface area (Å²) in [5, 5.41) is 8.55. The van der Waals surface area contributed by atoms with Gasteiger partial charge in [0.15, 0.2) is 0 Å².